The van der Waals surface area contributed by atoms with E-state index >= 15 is 0 Å². The van der Waals surface area contributed by atoms with E-state index in [0.717, 1.165) is 24.3 Å². The predicted molar refractivity (Wildman–Crippen MR) is 134 cm³/mol. The summed E-state index contributed by atoms with van der Waals surface area (Å²) in [5, 5.41) is 13.4. The standard InChI is InChI=1S/C25H14BrF4N3O7/c1-39-20-10-12(8-16-22(34)31-24(36)32(23(16)35)15-5-3-14(27)4-6-15)9-17(26)21(20)40-19-7-2-13(25(28,29)30)11-18(19)33(37)38/h2-11H,1H3,(H,31,34,36)/b16-8+. The van der Waals surface area contributed by atoms with E-state index in [9.17, 15) is 42.1 Å². The first-order valence-electron chi connectivity index (χ1n) is 10.9. The van der Waals surface area contributed by atoms with E-state index in [1.807, 2.05) is 5.32 Å². The van der Waals surface area contributed by atoms with Crippen molar-refractivity contribution in [2.45, 2.75) is 6.18 Å². The van der Waals surface area contributed by atoms with Gasteiger partial charge in [-0.3, -0.25) is 25.0 Å². The smallest absolute Gasteiger partial charge is 0.416 e. The van der Waals surface area contributed by atoms with E-state index < -0.39 is 57.3 Å². The summed E-state index contributed by atoms with van der Waals surface area (Å²) >= 11 is 3.19. The van der Waals surface area contributed by atoms with Crippen molar-refractivity contribution in [3.63, 3.8) is 0 Å². The maximum Gasteiger partial charge on any atom is 0.416 e. The number of barbiturate groups is 1. The Kier molecular flexibility index (Phi) is 7.59. The Balaban J connectivity index is 1.71. The molecule has 0 saturated carbocycles. The highest BCUT2D eigenvalue weighted by atomic mass is 79.9. The Morgan fingerprint density at radius 2 is 1.70 bits per heavy atom. The maximum atomic E-state index is 13.3. The fraction of sp³-hybridized carbons (Fsp3) is 0.0800. The van der Waals surface area contributed by atoms with Crippen LogP contribution in [-0.2, 0) is 15.8 Å². The predicted octanol–water partition coefficient (Wildman–Crippen LogP) is 5.98. The first kappa shape index (κ1) is 28.2. The molecular formula is C25H14BrF4N3O7. The second-order valence-electron chi connectivity index (χ2n) is 8.01. The number of hydrogen-bond acceptors (Lipinski definition) is 7. The zero-order valence-corrected chi connectivity index (χ0v) is 21.5. The number of nitro groups is 1. The minimum Gasteiger partial charge on any atom is -0.493 e. The molecule has 4 amide bonds. The number of urea groups is 1. The molecule has 0 spiro atoms. The van der Waals surface area contributed by atoms with Gasteiger partial charge in [0, 0.05) is 6.07 Å². The van der Waals surface area contributed by atoms with Gasteiger partial charge in [0.1, 0.15) is 11.4 Å². The zero-order valence-electron chi connectivity index (χ0n) is 19.9. The molecule has 1 aliphatic heterocycles. The summed E-state index contributed by atoms with van der Waals surface area (Å²) in [6.45, 7) is 0. The van der Waals surface area contributed by atoms with Crippen LogP contribution >= 0.6 is 15.9 Å². The van der Waals surface area contributed by atoms with Gasteiger partial charge in [-0.2, -0.15) is 13.2 Å². The number of nitro benzene ring substituents is 1. The lowest BCUT2D eigenvalue weighted by Crippen LogP contribution is -2.54. The van der Waals surface area contributed by atoms with Gasteiger partial charge in [0.05, 0.1) is 27.8 Å². The average Bonchev–Trinajstić information content (AvgIpc) is 2.88. The summed E-state index contributed by atoms with van der Waals surface area (Å²) in [5.41, 5.74) is -2.49. The van der Waals surface area contributed by atoms with Crippen LogP contribution in [0, 0.1) is 15.9 Å². The van der Waals surface area contributed by atoms with E-state index in [-0.39, 0.29) is 27.2 Å². The fourth-order valence-corrected chi connectivity index (χ4v) is 4.14. The SMILES string of the molecule is COc1cc(/C=C2\C(=O)NC(=O)N(c3ccc(F)cc3)C2=O)cc(Br)c1Oc1ccc(C(F)(F)F)cc1[N+](=O)[O-]. The molecule has 3 aromatic rings. The Hall–Kier alpha value is -4.79. The number of rotatable bonds is 6. The Labute approximate surface area is 230 Å². The summed E-state index contributed by atoms with van der Waals surface area (Å²) in [5.74, 6) is -3.37. The van der Waals surface area contributed by atoms with Crippen LogP contribution in [0.1, 0.15) is 11.1 Å². The van der Waals surface area contributed by atoms with Gasteiger partial charge in [0.2, 0.25) is 5.75 Å². The van der Waals surface area contributed by atoms with Crippen molar-refractivity contribution in [1.82, 2.24) is 5.32 Å². The molecule has 0 aliphatic carbocycles. The van der Waals surface area contributed by atoms with Crippen LogP contribution in [0.2, 0.25) is 0 Å². The van der Waals surface area contributed by atoms with Crippen molar-refractivity contribution in [1.29, 1.82) is 0 Å². The number of carbonyl (C=O) groups excluding carboxylic acids is 3. The second kappa shape index (κ2) is 10.8. The molecule has 1 aliphatic rings. The van der Waals surface area contributed by atoms with Gasteiger partial charge in [-0.25, -0.2) is 14.1 Å². The average molecular weight is 624 g/mol. The molecule has 0 radical (unpaired) electrons. The van der Waals surface area contributed by atoms with E-state index in [0.29, 0.717) is 17.0 Å². The maximum absolute atomic E-state index is 13.3. The summed E-state index contributed by atoms with van der Waals surface area (Å²) in [6.07, 6.45) is -3.70. The highest BCUT2D eigenvalue weighted by Crippen LogP contribution is 2.44. The van der Waals surface area contributed by atoms with Crippen molar-refractivity contribution >= 4 is 51.2 Å². The molecule has 15 heteroatoms. The van der Waals surface area contributed by atoms with Crippen molar-refractivity contribution in [2.24, 2.45) is 0 Å². The molecule has 206 valence electrons. The van der Waals surface area contributed by atoms with Gasteiger partial charge in [0.15, 0.2) is 11.5 Å². The largest absolute Gasteiger partial charge is 0.493 e. The van der Waals surface area contributed by atoms with Crippen LogP contribution in [-0.4, -0.2) is 29.9 Å². The first-order valence-corrected chi connectivity index (χ1v) is 11.7. The van der Waals surface area contributed by atoms with Gasteiger partial charge in [0.25, 0.3) is 11.8 Å². The lowest BCUT2D eigenvalue weighted by molar-refractivity contribution is -0.385. The second-order valence-corrected chi connectivity index (χ2v) is 8.86. The number of imide groups is 2. The van der Waals surface area contributed by atoms with E-state index in [2.05, 4.69) is 15.9 Å². The van der Waals surface area contributed by atoms with Gasteiger partial charge >= 0.3 is 17.9 Å². The third-order valence-corrected chi connectivity index (χ3v) is 6.03. The summed E-state index contributed by atoms with van der Waals surface area (Å²) in [7, 11) is 1.21. The summed E-state index contributed by atoms with van der Waals surface area (Å²) < 4.78 is 63.3. The number of benzene rings is 3. The minimum absolute atomic E-state index is 0.00273. The van der Waals surface area contributed by atoms with Crippen LogP contribution in [0.15, 0.2) is 64.6 Å². The molecule has 4 rings (SSSR count). The van der Waals surface area contributed by atoms with Crippen LogP contribution in [0.25, 0.3) is 6.08 Å². The number of methoxy groups -OCH3 is 1. The lowest BCUT2D eigenvalue weighted by atomic mass is 10.1. The van der Waals surface area contributed by atoms with Crippen molar-refractivity contribution < 1.29 is 46.3 Å². The zero-order chi connectivity index (χ0) is 29.4. The molecule has 1 N–H and O–H groups in total. The molecule has 1 saturated heterocycles. The van der Waals surface area contributed by atoms with Gasteiger partial charge in [-0.1, -0.05) is 0 Å². The highest BCUT2D eigenvalue weighted by Gasteiger charge is 2.37. The molecule has 0 aromatic heterocycles. The highest BCUT2D eigenvalue weighted by molar-refractivity contribution is 9.10. The summed E-state index contributed by atoms with van der Waals surface area (Å²) in [4.78, 5) is 48.9. The Morgan fingerprint density at radius 1 is 1.02 bits per heavy atom. The third kappa shape index (κ3) is 5.63. The van der Waals surface area contributed by atoms with Crippen LogP contribution in [0.4, 0.5) is 33.7 Å². The number of anilines is 1. The lowest BCUT2D eigenvalue weighted by Gasteiger charge is -2.26. The number of alkyl halides is 3. The fourth-order valence-electron chi connectivity index (χ4n) is 3.60. The normalized spacial score (nSPS) is 14.8. The van der Waals surface area contributed by atoms with Crippen LogP contribution in [0.5, 0.6) is 17.2 Å². The van der Waals surface area contributed by atoms with Crippen molar-refractivity contribution in [3.05, 3.63) is 91.7 Å². The number of amides is 4. The number of nitrogens with one attached hydrogen (secondary N) is 1. The topological polar surface area (TPSA) is 128 Å². The molecule has 1 fully saturated rings. The molecule has 0 unspecified atom stereocenters. The Bertz CT molecular complexity index is 1590. The minimum atomic E-state index is -4.82. The number of halogens is 5. The number of hydrogen-bond donors (Lipinski definition) is 1. The van der Waals surface area contributed by atoms with E-state index in [1.165, 1.54) is 31.4 Å². The quantitative estimate of drug-likeness (QED) is 0.118. The molecule has 0 atom stereocenters. The summed E-state index contributed by atoms with van der Waals surface area (Å²) in [6, 6.07) is 7.70. The number of nitrogens with zero attached hydrogens (tertiary/aromatic N) is 2. The van der Waals surface area contributed by atoms with Gasteiger partial charge in [-0.15, -0.1) is 0 Å². The molecule has 0 bridgehead atoms. The molecule has 3 aromatic carbocycles. The molecule has 10 nitrogen and oxygen atoms in total. The van der Waals surface area contributed by atoms with Crippen molar-refractivity contribution in [3.8, 4) is 17.2 Å². The molecule has 1 heterocycles. The van der Waals surface area contributed by atoms with Crippen LogP contribution < -0.4 is 19.7 Å². The molecule has 40 heavy (non-hydrogen) atoms. The van der Waals surface area contributed by atoms with Gasteiger partial charge < -0.3 is 9.47 Å². The van der Waals surface area contributed by atoms with Gasteiger partial charge in [-0.05, 0) is 76.1 Å². The van der Waals surface area contributed by atoms with Crippen molar-refractivity contribution in [2.75, 3.05) is 12.0 Å². The Morgan fingerprint density at radius 3 is 2.30 bits per heavy atom. The third-order valence-electron chi connectivity index (χ3n) is 5.44. The van der Waals surface area contributed by atoms with Crippen LogP contribution in [0.3, 0.4) is 0 Å². The number of ether oxygens (including phenoxy) is 2. The van der Waals surface area contributed by atoms with E-state index in [1.54, 1.807) is 0 Å². The first-order chi connectivity index (χ1) is 18.8. The number of carbonyl (C=O) groups is 3. The monoisotopic (exact) mass is 623 g/mol. The molecular weight excluding hydrogens is 610 g/mol. The van der Waals surface area contributed by atoms with E-state index in [4.69, 9.17) is 9.47 Å².